The molecule has 1 aliphatic rings. The summed E-state index contributed by atoms with van der Waals surface area (Å²) in [5.41, 5.74) is 8.85. The molecule has 5 nitrogen and oxygen atoms in total. The van der Waals surface area contributed by atoms with E-state index in [9.17, 15) is 9.59 Å². The number of benzene rings is 2. The number of aryl methyl sites for hydroxylation is 2. The van der Waals surface area contributed by atoms with Gasteiger partial charge in [-0.25, -0.2) is 0 Å². The second-order valence-electron chi connectivity index (χ2n) is 8.16. The van der Waals surface area contributed by atoms with Crippen molar-refractivity contribution in [3.8, 4) is 5.75 Å². The Morgan fingerprint density at radius 2 is 1.43 bits per heavy atom. The molecule has 1 saturated heterocycles. The van der Waals surface area contributed by atoms with Gasteiger partial charge in [-0.3, -0.25) is 9.59 Å². The van der Waals surface area contributed by atoms with E-state index in [0.29, 0.717) is 25.2 Å². The molecular formula is C25H32N2O3. The van der Waals surface area contributed by atoms with Gasteiger partial charge in [0.1, 0.15) is 5.75 Å². The summed E-state index contributed by atoms with van der Waals surface area (Å²) in [5, 5.41) is 0. The quantitative estimate of drug-likeness (QED) is 0.690. The highest BCUT2D eigenvalue weighted by Crippen LogP contribution is 2.23. The summed E-state index contributed by atoms with van der Waals surface area (Å²) in [6.07, 6.45) is 5.57. The van der Waals surface area contributed by atoms with Gasteiger partial charge in [0, 0.05) is 25.9 Å². The number of hydrogen-bond acceptors (Lipinski definition) is 3. The number of piperidine rings is 1. The highest BCUT2D eigenvalue weighted by Gasteiger charge is 2.22. The van der Waals surface area contributed by atoms with Crippen LogP contribution in [-0.2, 0) is 28.9 Å². The highest BCUT2D eigenvalue weighted by molar-refractivity contribution is 5.76. The maximum absolute atomic E-state index is 12.6. The van der Waals surface area contributed by atoms with Gasteiger partial charge in [0.25, 0.3) is 0 Å². The molecule has 0 atom stereocenters. The minimum atomic E-state index is -0.260. The number of likely N-dealkylation sites (tertiary alicyclic amines) is 1. The van der Waals surface area contributed by atoms with Gasteiger partial charge in [0.15, 0.2) is 0 Å². The zero-order chi connectivity index (χ0) is 21.3. The van der Waals surface area contributed by atoms with Crippen LogP contribution in [0.4, 0.5) is 0 Å². The third-order valence-electron chi connectivity index (χ3n) is 5.96. The van der Waals surface area contributed by atoms with E-state index < -0.39 is 0 Å². The number of hydrogen-bond donors (Lipinski definition) is 1. The third-order valence-corrected chi connectivity index (χ3v) is 5.96. The molecule has 0 aliphatic carbocycles. The Labute approximate surface area is 179 Å². The van der Waals surface area contributed by atoms with Crippen LogP contribution in [0.1, 0.15) is 42.4 Å². The number of rotatable bonds is 9. The fourth-order valence-electron chi connectivity index (χ4n) is 4.03. The van der Waals surface area contributed by atoms with Gasteiger partial charge in [-0.1, -0.05) is 36.4 Å². The average molecular weight is 409 g/mol. The van der Waals surface area contributed by atoms with E-state index in [2.05, 4.69) is 24.3 Å². The number of ether oxygens (including phenoxy) is 1. The summed E-state index contributed by atoms with van der Waals surface area (Å²) in [4.78, 5) is 25.5. The van der Waals surface area contributed by atoms with Crippen molar-refractivity contribution in [3.05, 3.63) is 65.2 Å². The van der Waals surface area contributed by atoms with Gasteiger partial charge in [0.05, 0.1) is 7.11 Å². The van der Waals surface area contributed by atoms with Crippen molar-refractivity contribution in [1.82, 2.24) is 4.90 Å². The van der Waals surface area contributed by atoms with Crippen molar-refractivity contribution in [1.29, 1.82) is 0 Å². The molecule has 2 aromatic rings. The second-order valence-corrected chi connectivity index (χ2v) is 8.16. The Bertz CT molecular complexity index is 822. The Balaban J connectivity index is 1.39. The normalized spacial score (nSPS) is 14.5. The van der Waals surface area contributed by atoms with E-state index in [0.717, 1.165) is 50.1 Å². The highest BCUT2D eigenvalue weighted by atomic mass is 16.5. The van der Waals surface area contributed by atoms with Crippen LogP contribution in [0, 0.1) is 5.92 Å². The summed E-state index contributed by atoms with van der Waals surface area (Å²) >= 11 is 0. The fraction of sp³-hybridized carbons (Fsp3) is 0.440. The first-order valence-corrected chi connectivity index (χ1v) is 10.8. The van der Waals surface area contributed by atoms with Crippen molar-refractivity contribution < 1.29 is 14.3 Å². The summed E-state index contributed by atoms with van der Waals surface area (Å²) in [6, 6.07) is 16.4. The SMILES string of the molecule is COc1ccc(CCC(=O)N2CCC(Cc3ccc(CCC(N)=O)cc3)CC2)cc1. The minimum Gasteiger partial charge on any atom is -0.497 e. The van der Waals surface area contributed by atoms with Gasteiger partial charge in [-0.15, -0.1) is 0 Å². The molecule has 2 aromatic carbocycles. The van der Waals surface area contributed by atoms with Crippen LogP contribution in [0.3, 0.4) is 0 Å². The molecule has 1 aliphatic heterocycles. The maximum atomic E-state index is 12.6. The minimum absolute atomic E-state index is 0.253. The average Bonchev–Trinajstić information content (AvgIpc) is 2.78. The Morgan fingerprint density at radius 3 is 2.00 bits per heavy atom. The predicted octanol–water partition coefficient (Wildman–Crippen LogP) is 3.53. The van der Waals surface area contributed by atoms with Crippen LogP contribution >= 0.6 is 0 Å². The smallest absolute Gasteiger partial charge is 0.222 e. The van der Waals surface area contributed by atoms with Gasteiger partial charge < -0.3 is 15.4 Å². The number of primary amides is 1. The zero-order valence-electron chi connectivity index (χ0n) is 17.8. The second kappa shape index (κ2) is 10.8. The van der Waals surface area contributed by atoms with Gasteiger partial charge >= 0.3 is 0 Å². The number of carbonyl (C=O) groups excluding carboxylic acids is 2. The maximum Gasteiger partial charge on any atom is 0.222 e. The van der Waals surface area contributed by atoms with E-state index in [-0.39, 0.29) is 11.8 Å². The molecule has 2 amide bonds. The molecule has 160 valence electrons. The molecule has 0 bridgehead atoms. The van der Waals surface area contributed by atoms with Crippen LogP contribution in [0.15, 0.2) is 48.5 Å². The standard InChI is InChI=1S/C25H32N2O3/c1-30-23-10-6-20(7-11-23)9-13-25(29)27-16-14-22(15-17-27)18-21-4-2-19(3-5-21)8-12-24(26)28/h2-7,10-11,22H,8-9,12-18H2,1H3,(H2,26,28). The summed E-state index contributed by atoms with van der Waals surface area (Å²) < 4.78 is 5.18. The summed E-state index contributed by atoms with van der Waals surface area (Å²) in [6.45, 7) is 1.70. The van der Waals surface area contributed by atoms with E-state index >= 15 is 0 Å². The van der Waals surface area contributed by atoms with Crippen molar-refractivity contribution in [2.75, 3.05) is 20.2 Å². The van der Waals surface area contributed by atoms with Crippen LogP contribution in [0.25, 0.3) is 0 Å². The first-order valence-electron chi connectivity index (χ1n) is 10.8. The van der Waals surface area contributed by atoms with Crippen molar-refractivity contribution in [2.24, 2.45) is 11.7 Å². The number of nitrogens with two attached hydrogens (primary N) is 1. The van der Waals surface area contributed by atoms with E-state index in [1.165, 1.54) is 11.1 Å². The Morgan fingerprint density at radius 1 is 0.900 bits per heavy atom. The monoisotopic (exact) mass is 408 g/mol. The van der Waals surface area contributed by atoms with Crippen molar-refractivity contribution in [3.63, 3.8) is 0 Å². The molecule has 1 heterocycles. The summed E-state index contributed by atoms with van der Waals surface area (Å²) in [5.74, 6) is 1.45. The number of methoxy groups -OCH3 is 1. The Hall–Kier alpha value is -2.82. The largest absolute Gasteiger partial charge is 0.497 e. The summed E-state index contributed by atoms with van der Waals surface area (Å²) in [7, 11) is 1.66. The Kier molecular flexibility index (Phi) is 7.89. The molecule has 0 aromatic heterocycles. The molecule has 0 saturated carbocycles. The van der Waals surface area contributed by atoms with Crippen LogP contribution in [0.5, 0.6) is 5.75 Å². The molecule has 0 radical (unpaired) electrons. The number of amides is 2. The lowest BCUT2D eigenvalue weighted by molar-refractivity contribution is -0.132. The van der Waals surface area contributed by atoms with Gasteiger partial charge in [-0.2, -0.15) is 0 Å². The lowest BCUT2D eigenvalue weighted by Crippen LogP contribution is -2.39. The lowest BCUT2D eigenvalue weighted by Gasteiger charge is -2.32. The van der Waals surface area contributed by atoms with E-state index in [1.807, 2.05) is 29.2 Å². The molecule has 3 rings (SSSR count). The molecule has 1 fully saturated rings. The third kappa shape index (κ3) is 6.61. The first-order chi connectivity index (χ1) is 14.5. The first kappa shape index (κ1) is 21.9. The topological polar surface area (TPSA) is 72.6 Å². The van der Waals surface area contributed by atoms with E-state index in [4.69, 9.17) is 10.5 Å². The molecule has 2 N–H and O–H groups in total. The molecular weight excluding hydrogens is 376 g/mol. The number of carbonyl (C=O) groups is 2. The van der Waals surface area contributed by atoms with Crippen LogP contribution in [-0.4, -0.2) is 36.9 Å². The van der Waals surface area contributed by atoms with Crippen LogP contribution in [0.2, 0.25) is 0 Å². The van der Waals surface area contributed by atoms with Gasteiger partial charge in [-0.05, 0) is 66.8 Å². The zero-order valence-corrected chi connectivity index (χ0v) is 17.8. The van der Waals surface area contributed by atoms with Gasteiger partial charge in [0.2, 0.25) is 11.8 Å². The van der Waals surface area contributed by atoms with Crippen LogP contribution < -0.4 is 10.5 Å². The molecule has 5 heteroatoms. The fourth-order valence-corrected chi connectivity index (χ4v) is 4.03. The number of nitrogens with zero attached hydrogens (tertiary/aromatic N) is 1. The van der Waals surface area contributed by atoms with E-state index in [1.54, 1.807) is 7.11 Å². The predicted molar refractivity (Wildman–Crippen MR) is 118 cm³/mol. The van der Waals surface area contributed by atoms with Crippen molar-refractivity contribution >= 4 is 11.8 Å². The molecule has 0 spiro atoms. The molecule has 30 heavy (non-hydrogen) atoms. The van der Waals surface area contributed by atoms with Crippen molar-refractivity contribution in [2.45, 2.75) is 44.9 Å². The lowest BCUT2D eigenvalue weighted by atomic mass is 9.89. The molecule has 0 unspecified atom stereocenters.